The molecule has 1 aromatic carbocycles. The summed E-state index contributed by atoms with van der Waals surface area (Å²) < 4.78 is 34.6. The Balaban J connectivity index is 1.48. The molecule has 1 heterocycles. The molecule has 0 radical (unpaired) electrons. The molecule has 0 aliphatic heterocycles. The van der Waals surface area contributed by atoms with E-state index in [0.29, 0.717) is 5.52 Å². The largest absolute Gasteiger partial charge is 0.420 e. The zero-order valence-corrected chi connectivity index (χ0v) is 18.6. The molecule has 1 aromatic heterocycles. The second-order valence-corrected chi connectivity index (χ2v) is 10.5. The van der Waals surface area contributed by atoms with Crippen molar-refractivity contribution in [2.75, 3.05) is 0 Å². The maximum Gasteiger partial charge on any atom is 0.420 e. The summed E-state index contributed by atoms with van der Waals surface area (Å²) in [5, 5.41) is 3.05. The minimum absolute atomic E-state index is 0.0470. The monoisotopic (exact) mass is 449 g/mol. The minimum atomic E-state index is -3.69. The van der Waals surface area contributed by atoms with Gasteiger partial charge in [-0.25, -0.2) is 17.9 Å². The molecule has 2 saturated carbocycles. The van der Waals surface area contributed by atoms with Crippen molar-refractivity contribution >= 4 is 27.0 Å². The van der Waals surface area contributed by atoms with Gasteiger partial charge in [0.25, 0.3) is 0 Å². The Kier molecular flexibility index (Phi) is 6.81. The third-order valence-electron chi connectivity index (χ3n) is 6.40. The van der Waals surface area contributed by atoms with Crippen molar-refractivity contribution in [3.05, 3.63) is 28.7 Å². The molecule has 0 unspecified atom stereocenters. The molecule has 9 heteroatoms. The first-order chi connectivity index (χ1) is 14.9. The average molecular weight is 450 g/mol. The lowest BCUT2D eigenvalue weighted by atomic mass is 9.97. The number of oxazole rings is 1. The molecule has 0 spiro atoms. The first-order valence-corrected chi connectivity index (χ1v) is 12.9. The predicted octanol–water partition coefficient (Wildman–Crippen LogP) is 3.04. The number of sulfonamides is 1. The van der Waals surface area contributed by atoms with Crippen LogP contribution in [0.3, 0.4) is 0 Å². The summed E-state index contributed by atoms with van der Waals surface area (Å²) in [6, 6.07) is 4.44. The number of hydrogen-bond donors (Lipinski definition) is 2. The molecule has 2 fully saturated rings. The normalized spacial score (nSPS) is 19.4. The fraction of sp³-hybridized carbons (Fsp3) is 0.636. The van der Waals surface area contributed by atoms with E-state index >= 15 is 0 Å². The fourth-order valence-corrected chi connectivity index (χ4v) is 6.03. The van der Waals surface area contributed by atoms with Gasteiger partial charge in [-0.2, -0.15) is 0 Å². The lowest BCUT2D eigenvalue weighted by molar-refractivity contribution is -0.122. The van der Waals surface area contributed by atoms with Gasteiger partial charge in [0.1, 0.15) is 6.54 Å². The van der Waals surface area contributed by atoms with Crippen LogP contribution >= 0.6 is 0 Å². The number of fused-ring (bicyclic) bond motifs is 1. The highest BCUT2D eigenvalue weighted by Gasteiger charge is 2.24. The number of carbonyl (C=O) groups is 1. The lowest BCUT2D eigenvalue weighted by Gasteiger charge is -2.21. The summed E-state index contributed by atoms with van der Waals surface area (Å²) in [6.45, 7) is -0.144. The van der Waals surface area contributed by atoms with Crippen molar-refractivity contribution in [1.82, 2.24) is 14.6 Å². The smallest absolute Gasteiger partial charge is 0.408 e. The Morgan fingerprint density at radius 3 is 2.29 bits per heavy atom. The number of carbonyl (C=O) groups excluding carboxylic acids is 1. The molecule has 0 bridgehead atoms. The van der Waals surface area contributed by atoms with E-state index in [1.165, 1.54) is 42.0 Å². The van der Waals surface area contributed by atoms with Crippen LogP contribution in [0.15, 0.2) is 32.3 Å². The Morgan fingerprint density at radius 1 is 0.968 bits per heavy atom. The zero-order valence-electron chi connectivity index (χ0n) is 17.8. The highest BCUT2D eigenvalue weighted by molar-refractivity contribution is 7.89. The van der Waals surface area contributed by atoms with Crippen LogP contribution in [0.1, 0.15) is 70.6 Å². The van der Waals surface area contributed by atoms with Crippen LogP contribution < -0.4 is 15.8 Å². The number of rotatable bonds is 6. The van der Waals surface area contributed by atoms with Crippen molar-refractivity contribution in [3.63, 3.8) is 0 Å². The van der Waals surface area contributed by atoms with Gasteiger partial charge in [0.2, 0.25) is 15.9 Å². The molecular formula is C22H31N3O5S. The Hall–Kier alpha value is -2.13. The molecule has 2 aliphatic carbocycles. The van der Waals surface area contributed by atoms with Crippen molar-refractivity contribution in [1.29, 1.82) is 0 Å². The highest BCUT2D eigenvalue weighted by atomic mass is 32.2. The Labute approximate surface area is 182 Å². The first kappa shape index (κ1) is 22.1. The number of amides is 1. The number of nitrogens with zero attached hydrogens (tertiary/aromatic N) is 1. The van der Waals surface area contributed by atoms with Gasteiger partial charge < -0.3 is 9.73 Å². The van der Waals surface area contributed by atoms with Crippen molar-refractivity contribution in [2.24, 2.45) is 0 Å². The molecule has 4 rings (SSSR count). The van der Waals surface area contributed by atoms with Crippen LogP contribution in [0.25, 0.3) is 11.1 Å². The molecule has 31 heavy (non-hydrogen) atoms. The molecule has 0 saturated heterocycles. The van der Waals surface area contributed by atoms with Crippen LogP contribution in [0.5, 0.6) is 0 Å². The molecule has 170 valence electrons. The number of aromatic nitrogens is 1. The average Bonchev–Trinajstić information content (AvgIpc) is 3.31. The van der Waals surface area contributed by atoms with Crippen LogP contribution in [-0.2, 0) is 21.4 Å². The van der Waals surface area contributed by atoms with Crippen molar-refractivity contribution < 1.29 is 17.6 Å². The van der Waals surface area contributed by atoms with Gasteiger partial charge in [-0.3, -0.25) is 9.36 Å². The summed E-state index contributed by atoms with van der Waals surface area (Å²) in [7, 11) is -3.69. The first-order valence-electron chi connectivity index (χ1n) is 11.4. The van der Waals surface area contributed by atoms with Crippen molar-refractivity contribution in [2.45, 2.75) is 94.2 Å². The van der Waals surface area contributed by atoms with Gasteiger partial charge in [-0.15, -0.1) is 0 Å². The van der Waals surface area contributed by atoms with Gasteiger partial charge in [0.15, 0.2) is 5.58 Å². The summed E-state index contributed by atoms with van der Waals surface area (Å²) in [4.78, 5) is 25.0. The van der Waals surface area contributed by atoms with Gasteiger partial charge in [-0.05, 0) is 37.8 Å². The van der Waals surface area contributed by atoms with E-state index in [9.17, 15) is 18.0 Å². The van der Waals surface area contributed by atoms with Crippen LogP contribution in [0.4, 0.5) is 0 Å². The van der Waals surface area contributed by atoms with Gasteiger partial charge in [0, 0.05) is 18.2 Å². The molecule has 2 aliphatic rings. The standard InChI is InChI=1S/C22H31N3O5S/c26-21(23-16-8-4-2-1-3-5-9-16)15-25-19-13-12-18(14-20(19)30-22(25)27)31(28,29)24-17-10-6-7-11-17/h12-14,16-17,24H,1-11,15H2,(H,23,26). The number of benzene rings is 1. The summed E-state index contributed by atoms with van der Waals surface area (Å²) >= 11 is 0. The molecule has 8 nitrogen and oxygen atoms in total. The third kappa shape index (κ3) is 5.38. The van der Waals surface area contributed by atoms with Gasteiger partial charge in [-0.1, -0.05) is 44.9 Å². The molecule has 1 amide bonds. The van der Waals surface area contributed by atoms with E-state index in [2.05, 4.69) is 10.0 Å². The number of nitrogens with one attached hydrogen (secondary N) is 2. The van der Waals surface area contributed by atoms with Crippen molar-refractivity contribution in [3.8, 4) is 0 Å². The second-order valence-electron chi connectivity index (χ2n) is 8.80. The van der Waals surface area contributed by atoms with Gasteiger partial charge >= 0.3 is 5.76 Å². The van der Waals surface area contributed by atoms with E-state index in [1.54, 1.807) is 0 Å². The Bertz CT molecular complexity index is 1070. The number of hydrogen-bond acceptors (Lipinski definition) is 5. The molecular weight excluding hydrogens is 418 g/mol. The van der Waals surface area contributed by atoms with E-state index in [-0.39, 0.29) is 35.0 Å². The van der Waals surface area contributed by atoms with Crippen LogP contribution in [-0.4, -0.2) is 31.0 Å². The fourth-order valence-electron chi connectivity index (χ4n) is 4.71. The Morgan fingerprint density at radius 2 is 1.58 bits per heavy atom. The second kappa shape index (κ2) is 9.56. The topological polar surface area (TPSA) is 110 Å². The summed E-state index contributed by atoms with van der Waals surface area (Å²) in [5.41, 5.74) is 0.579. The molecule has 2 N–H and O–H groups in total. The van der Waals surface area contributed by atoms with Gasteiger partial charge in [0.05, 0.1) is 10.4 Å². The lowest BCUT2D eigenvalue weighted by Crippen LogP contribution is -2.38. The molecule has 2 aromatic rings. The van der Waals surface area contributed by atoms with E-state index in [1.807, 2.05) is 0 Å². The molecule has 0 atom stereocenters. The zero-order chi connectivity index (χ0) is 21.8. The SMILES string of the molecule is O=C(Cn1c(=O)oc2cc(S(=O)(=O)NC3CCCC3)ccc21)NC1CCCCCCC1. The highest BCUT2D eigenvalue weighted by Crippen LogP contribution is 2.23. The van der Waals surface area contributed by atoms with E-state index in [4.69, 9.17) is 4.42 Å². The quantitative estimate of drug-likeness (QED) is 0.704. The summed E-state index contributed by atoms with van der Waals surface area (Å²) in [6.07, 6.45) is 11.5. The van der Waals surface area contributed by atoms with E-state index in [0.717, 1.165) is 51.4 Å². The minimum Gasteiger partial charge on any atom is -0.408 e. The predicted molar refractivity (Wildman–Crippen MR) is 117 cm³/mol. The van der Waals surface area contributed by atoms with Crippen LogP contribution in [0, 0.1) is 0 Å². The summed E-state index contributed by atoms with van der Waals surface area (Å²) in [5.74, 6) is -0.893. The van der Waals surface area contributed by atoms with Crippen LogP contribution in [0.2, 0.25) is 0 Å². The van der Waals surface area contributed by atoms with E-state index < -0.39 is 15.8 Å². The maximum atomic E-state index is 12.7. The maximum absolute atomic E-state index is 12.7. The third-order valence-corrected chi connectivity index (χ3v) is 7.92.